The maximum atomic E-state index is 12.1. The minimum atomic E-state index is -4.22. The number of rotatable bonds is 1. The van der Waals surface area contributed by atoms with Crippen molar-refractivity contribution in [2.45, 2.75) is 12.6 Å². The number of fused-ring (bicyclic) bond motifs is 1. The van der Waals surface area contributed by atoms with Gasteiger partial charge in [-0.3, -0.25) is 0 Å². The molecule has 0 spiro atoms. The molecule has 0 amide bonds. The summed E-state index contributed by atoms with van der Waals surface area (Å²) in [6, 6.07) is 8.09. The summed E-state index contributed by atoms with van der Waals surface area (Å²) in [6.07, 6.45) is -5.21. The first-order valence-corrected chi connectivity index (χ1v) is 4.56. The van der Waals surface area contributed by atoms with E-state index >= 15 is 0 Å². The van der Waals surface area contributed by atoms with Crippen molar-refractivity contribution in [3.63, 3.8) is 0 Å². The highest BCUT2D eigenvalue weighted by atomic mass is 19.4. The molecule has 0 bridgehead atoms. The van der Waals surface area contributed by atoms with Gasteiger partial charge in [-0.15, -0.1) is 0 Å². The molecular formula is C11H7F3N2. The number of benzene rings is 1. The van der Waals surface area contributed by atoms with Gasteiger partial charge < -0.3 is 4.98 Å². The third kappa shape index (κ3) is 2.16. The average Bonchev–Trinajstić information content (AvgIpc) is 2.55. The molecule has 1 N–H and O–H groups in total. The van der Waals surface area contributed by atoms with Crippen LogP contribution in [-0.4, -0.2) is 11.2 Å². The standard InChI is InChI=1S/C11H7F3N2/c12-11(13,14)5-9-4-8-3-7(6-15)1-2-10(8)16-9/h1-4,16H,5H2. The first kappa shape index (κ1) is 10.6. The number of nitriles is 1. The van der Waals surface area contributed by atoms with Crippen LogP contribution in [0.2, 0.25) is 0 Å². The summed E-state index contributed by atoms with van der Waals surface area (Å²) in [4.78, 5) is 2.67. The largest absolute Gasteiger partial charge is 0.394 e. The SMILES string of the molecule is N#Cc1ccc2[nH]c(CC(F)(F)F)cc2c1. The summed E-state index contributed by atoms with van der Waals surface area (Å²) >= 11 is 0. The van der Waals surface area contributed by atoms with Crippen molar-refractivity contribution >= 4 is 10.9 Å². The Morgan fingerprint density at radius 1 is 1.25 bits per heavy atom. The number of nitrogens with one attached hydrogen (secondary N) is 1. The van der Waals surface area contributed by atoms with Gasteiger partial charge in [-0.05, 0) is 24.3 Å². The molecule has 0 saturated heterocycles. The Labute approximate surface area is 89.3 Å². The van der Waals surface area contributed by atoms with E-state index in [1.165, 1.54) is 6.07 Å². The lowest BCUT2D eigenvalue weighted by molar-refractivity contribution is -0.127. The van der Waals surface area contributed by atoms with E-state index in [1.807, 2.05) is 6.07 Å². The second-order valence-electron chi connectivity index (χ2n) is 3.50. The predicted octanol–water partition coefficient (Wildman–Crippen LogP) is 3.14. The maximum absolute atomic E-state index is 12.1. The number of hydrogen-bond acceptors (Lipinski definition) is 1. The fraction of sp³-hybridized carbons (Fsp3) is 0.182. The van der Waals surface area contributed by atoms with Crippen LogP contribution in [0.3, 0.4) is 0 Å². The summed E-state index contributed by atoms with van der Waals surface area (Å²) in [6.45, 7) is 0. The Morgan fingerprint density at radius 2 is 2.00 bits per heavy atom. The molecule has 1 aromatic heterocycles. The van der Waals surface area contributed by atoms with Gasteiger partial charge in [0.25, 0.3) is 0 Å². The van der Waals surface area contributed by atoms with Crippen LogP contribution in [0.25, 0.3) is 10.9 Å². The Morgan fingerprint density at radius 3 is 2.62 bits per heavy atom. The second kappa shape index (κ2) is 3.56. The number of aromatic nitrogens is 1. The Hall–Kier alpha value is -1.96. The molecule has 82 valence electrons. The Kier molecular flexibility index (Phi) is 2.35. The third-order valence-electron chi connectivity index (χ3n) is 2.20. The van der Waals surface area contributed by atoms with Gasteiger partial charge in [-0.1, -0.05) is 0 Å². The number of H-pyrrole nitrogens is 1. The lowest BCUT2D eigenvalue weighted by atomic mass is 10.2. The van der Waals surface area contributed by atoms with Crippen LogP contribution < -0.4 is 0 Å². The summed E-state index contributed by atoms with van der Waals surface area (Å²) in [7, 11) is 0. The van der Waals surface area contributed by atoms with Gasteiger partial charge in [0.05, 0.1) is 18.1 Å². The number of aromatic amines is 1. The van der Waals surface area contributed by atoms with Crippen molar-refractivity contribution in [3.8, 4) is 6.07 Å². The molecule has 0 unspecified atom stereocenters. The first-order chi connectivity index (χ1) is 7.48. The molecule has 0 radical (unpaired) electrons. The van der Waals surface area contributed by atoms with Crippen LogP contribution in [-0.2, 0) is 6.42 Å². The number of alkyl halides is 3. The highest BCUT2D eigenvalue weighted by Gasteiger charge is 2.28. The van der Waals surface area contributed by atoms with Crippen molar-refractivity contribution in [1.29, 1.82) is 5.26 Å². The highest BCUT2D eigenvalue weighted by Crippen LogP contribution is 2.24. The van der Waals surface area contributed by atoms with Crippen LogP contribution in [0.15, 0.2) is 24.3 Å². The maximum Gasteiger partial charge on any atom is 0.394 e. The molecule has 16 heavy (non-hydrogen) atoms. The molecule has 2 aromatic rings. The smallest absolute Gasteiger partial charge is 0.358 e. The van der Waals surface area contributed by atoms with E-state index in [4.69, 9.17) is 5.26 Å². The minimum absolute atomic E-state index is 0.109. The van der Waals surface area contributed by atoms with Gasteiger partial charge in [-0.25, -0.2) is 0 Å². The van der Waals surface area contributed by atoms with Gasteiger partial charge in [0, 0.05) is 16.6 Å². The first-order valence-electron chi connectivity index (χ1n) is 4.56. The van der Waals surface area contributed by atoms with E-state index in [2.05, 4.69) is 4.98 Å². The molecule has 0 atom stereocenters. The van der Waals surface area contributed by atoms with Crippen LogP contribution in [0.1, 0.15) is 11.3 Å². The zero-order valence-electron chi connectivity index (χ0n) is 8.10. The van der Waals surface area contributed by atoms with E-state index < -0.39 is 12.6 Å². The summed E-state index contributed by atoms with van der Waals surface area (Å²) < 4.78 is 36.4. The summed E-state index contributed by atoms with van der Waals surface area (Å²) in [5.41, 5.74) is 1.15. The molecule has 0 aliphatic rings. The van der Waals surface area contributed by atoms with Crippen molar-refractivity contribution in [1.82, 2.24) is 4.98 Å². The monoisotopic (exact) mass is 224 g/mol. The van der Waals surface area contributed by atoms with Crippen molar-refractivity contribution < 1.29 is 13.2 Å². The normalized spacial score (nSPS) is 11.6. The third-order valence-corrected chi connectivity index (χ3v) is 2.20. The van der Waals surface area contributed by atoms with Crippen molar-refractivity contribution in [2.24, 2.45) is 0 Å². The molecule has 0 saturated carbocycles. The Bertz CT molecular complexity index is 561. The predicted molar refractivity (Wildman–Crippen MR) is 52.8 cm³/mol. The topological polar surface area (TPSA) is 39.6 Å². The van der Waals surface area contributed by atoms with Crippen LogP contribution in [0.5, 0.6) is 0 Å². The van der Waals surface area contributed by atoms with Gasteiger partial charge in [0.15, 0.2) is 0 Å². The quantitative estimate of drug-likeness (QED) is 0.794. The molecule has 2 nitrogen and oxygen atoms in total. The fourth-order valence-corrected chi connectivity index (χ4v) is 1.57. The van der Waals surface area contributed by atoms with E-state index in [1.54, 1.807) is 18.2 Å². The number of hydrogen-bond donors (Lipinski definition) is 1. The summed E-state index contributed by atoms with van der Waals surface area (Å²) in [5, 5.41) is 9.27. The van der Waals surface area contributed by atoms with Gasteiger partial charge in [0.2, 0.25) is 0 Å². The lowest BCUT2D eigenvalue weighted by Crippen LogP contribution is -2.11. The molecule has 0 aliphatic heterocycles. The lowest BCUT2D eigenvalue weighted by Gasteiger charge is -2.02. The zero-order chi connectivity index (χ0) is 11.8. The van der Waals surface area contributed by atoms with Gasteiger partial charge in [0.1, 0.15) is 0 Å². The van der Waals surface area contributed by atoms with Gasteiger partial charge in [-0.2, -0.15) is 18.4 Å². The van der Waals surface area contributed by atoms with Crippen molar-refractivity contribution in [2.75, 3.05) is 0 Å². The molecule has 5 heteroatoms. The number of nitrogens with zero attached hydrogens (tertiary/aromatic N) is 1. The van der Waals surface area contributed by atoms with E-state index in [-0.39, 0.29) is 5.69 Å². The minimum Gasteiger partial charge on any atom is -0.358 e. The molecule has 2 rings (SSSR count). The Balaban J connectivity index is 2.41. The second-order valence-corrected chi connectivity index (χ2v) is 3.50. The van der Waals surface area contributed by atoms with Crippen LogP contribution >= 0.6 is 0 Å². The van der Waals surface area contributed by atoms with E-state index in [0.29, 0.717) is 16.5 Å². The fourth-order valence-electron chi connectivity index (χ4n) is 1.57. The van der Waals surface area contributed by atoms with Crippen LogP contribution in [0.4, 0.5) is 13.2 Å². The van der Waals surface area contributed by atoms with E-state index in [0.717, 1.165) is 0 Å². The van der Waals surface area contributed by atoms with E-state index in [9.17, 15) is 13.2 Å². The van der Waals surface area contributed by atoms with Crippen LogP contribution in [0, 0.1) is 11.3 Å². The summed E-state index contributed by atoms with van der Waals surface area (Å²) in [5.74, 6) is 0. The molecule has 1 aromatic carbocycles. The molecule has 0 aliphatic carbocycles. The van der Waals surface area contributed by atoms with Crippen molar-refractivity contribution in [3.05, 3.63) is 35.5 Å². The zero-order valence-corrected chi connectivity index (χ0v) is 8.10. The van der Waals surface area contributed by atoms with Gasteiger partial charge >= 0.3 is 6.18 Å². The molecule has 0 fully saturated rings. The number of halogens is 3. The highest BCUT2D eigenvalue weighted by molar-refractivity contribution is 5.81. The molecular weight excluding hydrogens is 217 g/mol. The average molecular weight is 224 g/mol. The molecule has 1 heterocycles.